The molecule has 106 valence electrons. The van der Waals surface area contributed by atoms with Crippen molar-refractivity contribution in [2.75, 3.05) is 6.61 Å². The molecule has 1 N–H and O–H groups in total. The van der Waals surface area contributed by atoms with Gasteiger partial charge in [0.1, 0.15) is 0 Å². The van der Waals surface area contributed by atoms with Gasteiger partial charge in [-0.3, -0.25) is 4.79 Å². The van der Waals surface area contributed by atoms with E-state index in [0.717, 1.165) is 14.6 Å². The zero-order chi connectivity index (χ0) is 14.5. The number of aryl methyl sites for hydroxylation is 2. The van der Waals surface area contributed by atoms with Crippen LogP contribution in [-0.2, 0) is 16.1 Å². The number of esters is 1. The van der Waals surface area contributed by atoms with Crippen molar-refractivity contribution in [2.45, 2.75) is 20.4 Å². The maximum absolute atomic E-state index is 11.8. The first kappa shape index (κ1) is 14.7. The van der Waals surface area contributed by atoms with Gasteiger partial charge < -0.3 is 10.1 Å². The van der Waals surface area contributed by atoms with Gasteiger partial charge in [-0.05, 0) is 31.4 Å². The molecule has 2 heterocycles. The van der Waals surface area contributed by atoms with Gasteiger partial charge in [0.15, 0.2) is 6.61 Å². The quantitative estimate of drug-likeness (QED) is 0.864. The van der Waals surface area contributed by atoms with Gasteiger partial charge in [0, 0.05) is 14.6 Å². The van der Waals surface area contributed by atoms with Gasteiger partial charge in [-0.25, -0.2) is 4.79 Å². The van der Waals surface area contributed by atoms with E-state index >= 15 is 0 Å². The van der Waals surface area contributed by atoms with E-state index < -0.39 is 5.97 Å². The van der Waals surface area contributed by atoms with Gasteiger partial charge in [0.25, 0.3) is 5.91 Å². The summed E-state index contributed by atoms with van der Waals surface area (Å²) in [5, 5.41) is 4.66. The van der Waals surface area contributed by atoms with Crippen molar-refractivity contribution in [2.24, 2.45) is 0 Å². The molecule has 0 spiro atoms. The summed E-state index contributed by atoms with van der Waals surface area (Å²) in [7, 11) is 0. The number of amides is 1. The van der Waals surface area contributed by atoms with Gasteiger partial charge in [0.05, 0.1) is 12.1 Å². The largest absolute Gasteiger partial charge is 0.452 e. The van der Waals surface area contributed by atoms with Crippen molar-refractivity contribution in [3.8, 4) is 0 Å². The lowest BCUT2D eigenvalue weighted by molar-refractivity contribution is -0.124. The van der Waals surface area contributed by atoms with E-state index in [1.165, 1.54) is 0 Å². The molecule has 0 aliphatic heterocycles. The third-order valence-electron chi connectivity index (χ3n) is 2.64. The van der Waals surface area contributed by atoms with Crippen molar-refractivity contribution in [3.63, 3.8) is 0 Å². The lowest BCUT2D eigenvalue weighted by Crippen LogP contribution is -2.28. The molecular weight excluding hydrogens is 294 g/mol. The third-order valence-corrected chi connectivity index (χ3v) is 4.48. The minimum absolute atomic E-state index is 0.251. The summed E-state index contributed by atoms with van der Waals surface area (Å²) in [4.78, 5) is 26.4. The lowest BCUT2D eigenvalue weighted by atomic mass is 10.2. The summed E-state index contributed by atoms with van der Waals surface area (Å²) in [5.74, 6) is -0.741. The van der Waals surface area contributed by atoms with Crippen molar-refractivity contribution in [3.05, 3.63) is 43.8 Å². The van der Waals surface area contributed by atoms with Gasteiger partial charge in [-0.1, -0.05) is 6.07 Å². The highest BCUT2D eigenvalue weighted by molar-refractivity contribution is 7.12. The lowest BCUT2D eigenvalue weighted by Gasteiger charge is -2.05. The zero-order valence-corrected chi connectivity index (χ0v) is 12.9. The molecule has 2 aromatic heterocycles. The van der Waals surface area contributed by atoms with Crippen LogP contribution in [0.4, 0.5) is 0 Å². The molecule has 0 saturated heterocycles. The zero-order valence-electron chi connectivity index (χ0n) is 11.3. The maximum Gasteiger partial charge on any atom is 0.339 e. The van der Waals surface area contributed by atoms with Crippen LogP contribution in [0.25, 0.3) is 0 Å². The first-order valence-electron chi connectivity index (χ1n) is 6.09. The van der Waals surface area contributed by atoms with Gasteiger partial charge >= 0.3 is 5.97 Å². The number of ether oxygens (including phenoxy) is 1. The Morgan fingerprint density at radius 1 is 1.35 bits per heavy atom. The Morgan fingerprint density at radius 2 is 2.15 bits per heavy atom. The highest BCUT2D eigenvalue weighted by Gasteiger charge is 2.14. The molecule has 0 atom stereocenters. The number of carbonyl (C=O) groups excluding carboxylic acids is 2. The average molecular weight is 309 g/mol. The number of hydrogen-bond acceptors (Lipinski definition) is 5. The topological polar surface area (TPSA) is 55.4 Å². The van der Waals surface area contributed by atoms with E-state index in [-0.39, 0.29) is 12.5 Å². The molecule has 0 aromatic carbocycles. The summed E-state index contributed by atoms with van der Waals surface area (Å²) < 4.78 is 5.01. The number of thiophene rings is 2. The molecule has 6 heteroatoms. The standard InChI is InChI=1S/C14H15NO3S2/c1-9-6-12(10(2)20-9)14(17)18-8-13(16)15-7-11-4-3-5-19-11/h3-6H,7-8H2,1-2H3,(H,15,16). The molecule has 0 aliphatic rings. The van der Waals surface area contributed by atoms with Crippen LogP contribution in [0.3, 0.4) is 0 Å². The van der Waals surface area contributed by atoms with Crippen molar-refractivity contribution in [1.29, 1.82) is 0 Å². The molecule has 0 bridgehead atoms. The number of rotatable bonds is 5. The van der Waals surface area contributed by atoms with Crippen LogP contribution in [-0.4, -0.2) is 18.5 Å². The van der Waals surface area contributed by atoms with Crippen molar-refractivity contribution in [1.82, 2.24) is 5.32 Å². The summed E-state index contributed by atoms with van der Waals surface area (Å²) >= 11 is 3.11. The van der Waals surface area contributed by atoms with Crippen LogP contribution in [0, 0.1) is 13.8 Å². The second kappa shape index (κ2) is 6.67. The molecule has 0 unspecified atom stereocenters. The molecule has 0 fully saturated rings. The molecule has 1 amide bonds. The predicted octanol–water partition coefficient (Wildman–Crippen LogP) is 2.90. The Labute approximate surface area is 125 Å². The van der Waals surface area contributed by atoms with Crippen LogP contribution < -0.4 is 5.32 Å². The molecule has 0 aliphatic carbocycles. The van der Waals surface area contributed by atoms with Gasteiger partial charge in [0.2, 0.25) is 0 Å². The molecule has 0 saturated carbocycles. The van der Waals surface area contributed by atoms with Crippen molar-refractivity contribution >= 4 is 34.6 Å². The van der Waals surface area contributed by atoms with E-state index in [2.05, 4.69) is 5.32 Å². The van der Waals surface area contributed by atoms with Crippen LogP contribution in [0.15, 0.2) is 23.6 Å². The highest BCUT2D eigenvalue weighted by Crippen LogP contribution is 2.21. The molecular formula is C14H15NO3S2. The van der Waals surface area contributed by atoms with Gasteiger partial charge in [-0.2, -0.15) is 0 Å². The normalized spacial score (nSPS) is 10.3. The van der Waals surface area contributed by atoms with Crippen LogP contribution in [0.1, 0.15) is 25.0 Å². The highest BCUT2D eigenvalue weighted by atomic mass is 32.1. The summed E-state index contributed by atoms with van der Waals surface area (Å²) in [5.41, 5.74) is 0.540. The SMILES string of the molecule is Cc1cc(C(=O)OCC(=O)NCc2cccs2)c(C)s1. The molecule has 2 aromatic rings. The number of carbonyl (C=O) groups is 2. The Bertz CT molecular complexity index is 602. The summed E-state index contributed by atoms with van der Waals surface area (Å²) in [6, 6.07) is 5.65. The fraction of sp³-hybridized carbons (Fsp3) is 0.286. The second-order valence-electron chi connectivity index (χ2n) is 4.26. The van der Waals surface area contributed by atoms with E-state index in [1.54, 1.807) is 28.7 Å². The third kappa shape index (κ3) is 3.91. The monoisotopic (exact) mass is 309 g/mol. The number of hydrogen-bond donors (Lipinski definition) is 1. The second-order valence-corrected chi connectivity index (χ2v) is 6.75. The van der Waals surface area contributed by atoms with Crippen LogP contribution in [0.2, 0.25) is 0 Å². The summed E-state index contributed by atoms with van der Waals surface area (Å²) in [6.07, 6.45) is 0. The molecule has 0 radical (unpaired) electrons. The minimum Gasteiger partial charge on any atom is -0.452 e. The fourth-order valence-electron chi connectivity index (χ4n) is 1.69. The Morgan fingerprint density at radius 3 is 2.75 bits per heavy atom. The first-order valence-corrected chi connectivity index (χ1v) is 7.79. The van der Waals surface area contributed by atoms with Gasteiger partial charge in [-0.15, -0.1) is 22.7 Å². The Balaban J connectivity index is 1.78. The maximum atomic E-state index is 11.8. The van der Waals surface area contributed by atoms with E-state index in [1.807, 2.05) is 31.4 Å². The van der Waals surface area contributed by atoms with E-state index in [0.29, 0.717) is 12.1 Å². The Kier molecular flexibility index (Phi) is 4.92. The summed E-state index contributed by atoms with van der Waals surface area (Å²) in [6.45, 7) is 4.01. The first-order chi connectivity index (χ1) is 9.56. The molecule has 2 rings (SSSR count). The predicted molar refractivity (Wildman–Crippen MR) is 80.2 cm³/mol. The van der Waals surface area contributed by atoms with E-state index in [4.69, 9.17) is 4.74 Å². The minimum atomic E-state index is -0.446. The molecule has 20 heavy (non-hydrogen) atoms. The van der Waals surface area contributed by atoms with Crippen LogP contribution in [0.5, 0.6) is 0 Å². The molecule has 4 nitrogen and oxygen atoms in total. The van der Waals surface area contributed by atoms with E-state index in [9.17, 15) is 9.59 Å². The average Bonchev–Trinajstić information content (AvgIpc) is 3.03. The number of nitrogens with one attached hydrogen (secondary N) is 1. The van der Waals surface area contributed by atoms with Crippen molar-refractivity contribution < 1.29 is 14.3 Å². The Hall–Kier alpha value is -1.66. The fourth-order valence-corrected chi connectivity index (χ4v) is 3.25. The van der Waals surface area contributed by atoms with Crippen LogP contribution >= 0.6 is 22.7 Å². The smallest absolute Gasteiger partial charge is 0.339 e.